The molecule has 0 radical (unpaired) electrons. The highest BCUT2D eigenvalue weighted by Gasteiger charge is 2.16. The Labute approximate surface area is 186 Å². The number of fused-ring (bicyclic) bond motifs is 1. The summed E-state index contributed by atoms with van der Waals surface area (Å²) < 4.78 is 10.6. The van der Waals surface area contributed by atoms with E-state index in [9.17, 15) is 4.79 Å². The van der Waals surface area contributed by atoms with Crippen molar-refractivity contribution in [2.75, 3.05) is 55.6 Å². The number of anilines is 3. The highest BCUT2D eigenvalue weighted by atomic mass is 16.7. The van der Waals surface area contributed by atoms with Crippen molar-refractivity contribution in [1.82, 2.24) is 15.1 Å². The highest BCUT2D eigenvalue weighted by Crippen LogP contribution is 2.34. The molecule has 2 aliphatic heterocycles. The number of hydrogen-bond donors (Lipinski definition) is 2. The molecule has 1 saturated heterocycles. The lowest BCUT2D eigenvalue weighted by Gasteiger charge is -2.32. The normalized spacial score (nSPS) is 15.5. The quantitative estimate of drug-likeness (QED) is 0.654. The second-order valence-electron chi connectivity index (χ2n) is 7.79. The molecular weight excluding hydrogens is 408 g/mol. The molecule has 2 aromatic carbocycles. The van der Waals surface area contributed by atoms with Crippen molar-refractivity contribution in [2.45, 2.75) is 0 Å². The van der Waals surface area contributed by atoms with Gasteiger partial charge < -0.3 is 29.9 Å². The van der Waals surface area contributed by atoms with Gasteiger partial charge in [-0.2, -0.15) is 0 Å². The van der Waals surface area contributed by atoms with Crippen LogP contribution in [0.15, 0.2) is 54.6 Å². The largest absolute Gasteiger partial charge is 0.454 e. The molecule has 0 aliphatic carbocycles. The molecular formula is C23H24N6O3. The van der Waals surface area contributed by atoms with Crippen LogP contribution in [0.25, 0.3) is 11.3 Å². The number of piperazine rings is 1. The van der Waals surface area contributed by atoms with Crippen molar-refractivity contribution in [3.8, 4) is 22.8 Å². The number of carbonyl (C=O) groups excluding carboxylic acids is 1. The van der Waals surface area contributed by atoms with Crippen LogP contribution in [0.2, 0.25) is 0 Å². The second kappa shape index (κ2) is 8.72. The maximum atomic E-state index is 12.3. The molecule has 0 bridgehead atoms. The number of nitrogens with one attached hydrogen (secondary N) is 2. The molecule has 32 heavy (non-hydrogen) atoms. The van der Waals surface area contributed by atoms with E-state index in [0.717, 1.165) is 43.3 Å². The Bertz CT molecular complexity index is 1100. The summed E-state index contributed by atoms with van der Waals surface area (Å²) in [5.41, 5.74) is 3.02. The minimum Gasteiger partial charge on any atom is -0.454 e. The molecule has 0 unspecified atom stereocenters. The number of amides is 2. The van der Waals surface area contributed by atoms with E-state index in [1.165, 1.54) is 0 Å². The monoisotopic (exact) mass is 432 g/mol. The number of urea groups is 1. The molecule has 2 aliphatic rings. The molecule has 9 nitrogen and oxygen atoms in total. The summed E-state index contributed by atoms with van der Waals surface area (Å²) in [6, 6.07) is 16.4. The van der Waals surface area contributed by atoms with Crippen molar-refractivity contribution < 1.29 is 14.3 Å². The predicted octanol–water partition coefficient (Wildman–Crippen LogP) is 3.27. The Hall–Kier alpha value is -3.85. The zero-order valence-electron chi connectivity index (χ0n) is 17.7. The minimum atomic E-state index is -0.340. The van der Waals surface area contributed by atoms with Gasteiger partial charge in [-0.3, -0.25) is 0 Å². The lowest BCUT2D eigenvalue weighted by molar-refractivity contribution is 0.174. The standard InChI is InChI=1S/C23H24N6O3/c1-28-10-12-29(13-11-28)22-9-7-19(26-27-22)16-2-4-17(5-3-16)24-23(30)25-18-6-8-20-21(14-18)32-15-31-20/h2-9,14H,10-13,15H2,1H3,(H2,24,25,30). The van der Waals surface area contributed by atoms with Gasteiger partial charge in [0.2, 0.25) is 6.79 Å². The van der Waals surface area contributed by atoms with Crippen molar-refractivity contribution in [3.63, 3.8) is 0 Å². The van der Waals surface area contributed by atoms with Gasteiger partial charge in [0.25, 0.3) is 0 Å². The van der Waals surface area contributed by atoms with E-state index in [0.29, 0.717) is 22.9 Å². The van der Waals surface area contributed by atoms with Gasteiger partial charge >= 0.3 is 6.03 Å². The lowest BCUT2D eigenvalue weighted by atomic mass is 10.1. The van der Waals surface area contributed by atoms with Gasteiger partial charge in [-0.05, 0) is 43.4 Å². The van der Waals surface area contributed by atoms with Crippen molar-refractivity contribution >= 4 is 23.2 Å². The first-order valence-electron chi connectivity index (χ1n) is 10.5. The third kappa shape index (κ3) is 4.42. The summed E-state index contributed by atoms with van der Waals surface area (Å²) in [7, 11) is 2.13. The van der Waals surface area contributed by atoms with Crippen LogP contribution < -0.4 is 25.0 Å². The van der Waals surface area contributed by atoms with Crippen LogP contribution in [0.5, 0.6) is 11.5 Å². The third-order valence-corrected chi connectivity index (χ3v) is 5.55. The lowest BCUT2D eigenvalue weighted by Crippen LogP contribution is -2.44. The Kier molecular flexibility index (Phi) is 5.47. The second-order valence-corrected chi connectivity index (χ2v) is 7.79. The van der Waals surface area contributed by atoms with Crippen LogP contribution in [0.1, 0.15) is 0 Å². The van der Waals surface area contributed by atoms with Crippen LogP contribution in [0.4, 0.5) is 22.0 Å². The Morgan fingerprint density at radius 3 is 2.31 bits per heavy atom. The first-order chi connectivity index (χ1) is 15.6. The fourth-order valence-electron chi connectivity index (χ4n) is 3.68. The van der Waals surface area contributed by atoms with Crippen molar-refractivity contribution in [2.24, 2.45) is 0 Å². The number of carbonyl (C=O) groups is 1. The molecule has 1 aromatic heterocycles. The molecule has 3 heterocycles. The average Bonchev–Trinajstić information content (AvgIpc) is 3.28. The van der Waals surface area contributed by atoms with Gasteiger partial charge in [0, 0.05) is 49.2 Å². The van der Waals surface area contributed by atoms with E-state index in [2.05, 4.69) is 37.7 Å². The molecule has 0 spiro atoms. The molecule has 164 valence electrons. The van der Waals surface area contributed by atoms with Crippen molar-refractivity contribution in [1.29, 1.82) is 0 Å². The summed E-state index contributed by atoms with van der Waals surface area (Å²) in [6.07, 6.45) is 0. The molecule has 9 heteroatoms. The number of aromatic nitrogens is 2. The number of hydrogen-bond acceptors (Lipinski definition) is 7. The summed E-state index contributed by atoms with van der Waals surface area (Å²) in [5.74, 6) is 2.19. The topological polar surface area (TPSA) is 91.9 Å². The summed E-state index contributed by atoms with van der Waals surface area (Å²) in [5, 5.41) is 14.4. The first-order valence-corrected chi connectivity index (χ1v) is 10.5. The number of rotatable bonds is 4. The van der Waals surface area contributed by atoms with Crippen LogP contribution in [-0.4, -0.2) is 61.1 Å². The molecule has 5 rings (SSSR count). The first kappa shape index (κ1) is 20.1. The van der Waals surface area contributed by atoms with E-state index in [4.69, 9.17) is 9.47 Å². The zero-order chi connectivity index (χ0) is 21.9. The predicted molar refractivity (Wildman–Crippen MR) is 122 cm³/mol. The molecule has 0 saturated carbocycles. The minimum absolute atomic E-state index is 0.195. The van der Waals surface area contributed by atoms with Gasteiger partial charge in [-0.1, -0.05) is 12.1 Å². The Morgan fingerprint density at radius 1 is 0.844 bits per heavy atom. The molecule has 2 N–H and O–H groups in total. The van der Waals surface area contributed by atoms with Crippen molar-refractivity contribution in [3.05, 3.63) is 54.6 Å². The van der Waals surface area contributed by atoms with Crippen LogP contribution in [-0.2, 0) is 0 Å². The Morgan fingerprint density at radius 2 is 1.56 bits per heavy atom. The molecule has 1 fully saturated rings. The summed E-state index contributed by atoms with van der Waals surface area (Å²) in [6.45, 7) is 4.17. The SMILES string of the molecule is CN1CCN(c2ccc(-c3ccc(NC(=O)Nc4ccc5c(c4)OCO5)cc3)nn2)CC1. The van der Waals surface area contributed by atoms with Crippen LogP contribution in [0, 0.1) is 0 Å². The Balaban J connectivity index is 1.19. The average molecular weight is 432 g/mol. The van der Waals surface area contributed by atoms with E-state index in [-0.39, 0.29) is 12.8 Å². The number of nitrogens with zero attached hydrogens (tertiary/aromatic N) is 4. The number of likely N-dealkylation sites (N-methyl/N-ethyl adjacent to an activating group) is 1. The number of ether oxygens (including phenoxy) is 2. The van der Waals surface area contributed by atoms with Gasteiger partial charge in [-0.25, -0.2) is 4.79 Å². The third-order valence-electron chi connectivity index (χ3n) is 5.55. The van der Waals surface area contributed by atoms with E-state index in [1.54, 1.807) is 18.2 Å². The van der Waals surface area contributed by atoms with Crippen LogP contribution >= 0.6 is 0 Å². The van der Waals surface area contributed by atoms with E-state index < -0.39 is 0 Å². The maximum Gasteiger partial charge on any atom is 0.323 e. The molecule has 2 amide bonds. The van der Waals surface area contributed by atoms with Gasteiger partial charge in [0.1, 0.15) is 0 Å². The number of benzene rings is 2. The van der Waals surface area contributed by atoms with E-state index >= 15 is 0 Å². The fraction of sp³-hybridized carbons (Fsp3) is 0.261. The summed E-state index contributed by atoms with van der Waals surface area (Å²) >= 11 is 0. The van der Waals surface area contributed by atoms with Crippen LogP contribution in [0.3, 0.4) is 0 Å². The van der Waals surface area contributed by atoms with Gasteiger partial charge in [0.15, 0.2) is 17.3 Å². The van der Waals surface area contributed by atoms with Gasteiger partial charge in [0.05, 0.1) is 5.69 Å². The summed E-state index contributed by atoms with van der Waals surface area (Å²) in [4.78, 5) is 16.9. The maximum absolute atomic E-state index is 12.3. The highest BCUT2D eigenvalue weighted by molar-refractivity contribution is 6.00. The smallest absolute Gasteiger partial charge is 0.323 e. The zero-order valence-corrected chi connectivity index (χ0v) is 17.7. The van der Waals surface area contributed by atoms with Gasteiger partial charge in [-0.15, -0.1) is 10.2 Å². The fourth-order valence-corrected chi connectivity index (χ4v) is 3.68. The molecule has 3 aromatic rings. The molecule has 0 atom stereocenters. The van der Waals surface area contributed by atoms with E-state index in [1.807, 2.05) is 36.4 Å².